The predicted molar refractivity (Wildman–Crippen MR) is 114 cm³/mol. The minimum atomic E-state index is -3.76. The highest BCUT2D eigenvalue weighted by Gasteiger charge is 2.11. The third-order valence-electron chi connectivity index (χ3n) is 3.24. The van der Waals surface area contributed by atoms with Gasteiger partial charge in [-0.1, -0.05) is 15.9 Å². The van der Waals surface area contributed by atoms with Gasteiger partial charge in [0, 0.05) is 10.2 Å². The molecule has 2 aromatic carbocycles. The van der Waals surface area contributed by atoms with Crippen LogP contribution in [0.2, 0.25) is 0 Å². The molecule has 1 amide bonds. The van der Waals surface area contributed by atoms with E-state index in [1.54, 1.807) is 0 Å². The molecule has 0 saturated carbocycles. The smallest absolute Gasteiger partial charge is 0.264 e. The number of thiocarbonyl (C=S) groups is 1. The van der Waals surface area contributed by atoms with Gasteiger partial charge < -0.3 is 10.1 Å². The number of carbonyl (C=O) groups is 1. The zero-order chi connectivity index (χ0) is 20.2. The highest BCUT2D eigenvalue weighted by Crippen LogP contribution is 2.32. The van der Waals surface area contributed by atoms with Crippen molar-refractivity contribution in [3.63, 3.8) is 0 Å². The molecule has 2 rings (SSSR count). The van der Waals surface area contributed by atoms with Gasteiger partial charge in [-0.3, -0.25) is 10.1 Å². The standard InChI is InChI=1S/C16H15Br2N3O4S2/c1-9-6-10(17)7-13(18)15(9)25-8-14(22)21-16(26)20-11-2-4-12(5-3-11)27(19,23)24/h2-7H,8H2,1H3,(H2,19,23,24)(H2,20,21,22,26). The van der Waals surface area contributed by atoms with Crippen LogP contribution in [0.3, 0.4) is 0 Å². The Kier molecular flexibility index (Phi) is 7.34. The van der Waals surface area contributed by atoms with Crippen molar-refractivity contribution in [2.45, 2.75) is 11.8 Å². The fourth-order valence-electron chi connectivity index (χ4n) is 2.06. The minimum absolute atomic E-state index is 0.0214. The minimum Gasteiger partial charge on any atom is -0.482 e. The molecule has 0 radical (unpaired) electrons. The van der Waals surface area contributed by atoms with Gasteiger partial charge in [0.05, 0.1) is 9.37 Å². The van der Waals surface area contributed by atoms with Crippen LogP contribution in [0.1, 0.15) is 5.56 Å². The first-order valence-corrected chi connectivity index (χ1v) is 10.9. The third-order valence-corrected chi connectivity index (χ3v) is 5.42. The number of primary sulfonamides is 1. The molecule has 0 atom stereocenters. The molecule has 0 aliphatic rings. The maximum Gasteiger partial charge on any atom is 0.264 e. The van der Waals surface area contributed by atoms with Gasteiger partial charge in [-0.05, 0) is 77.0 Å². The van der Waals surface area contributed by atoms with Crippen LogP contribution in [-0.4, -0.2) is 26.0 Å². The SMILES string of the molecule is Cc1cc(Br)cc(Br)c1OCC(=O)NC(=S)Nc1ccc(S(N)(=O)=O)cc1. The van der Waals surface area contributed by atoms with E-state index in [4.69, 9.17) is 22.1 Å². The molecule has 0 unspecified atom stereocenters. The molecule has 144 valence electrons. The lowest BCUT2D eigenvalue weighted by atomic mass is 10.2. The van der Waals surface area contributed by atoms with Gasteiger partial charge in [0.25, 0.3) is 5.91 Å². The Bertz CT molecular complexity index is 957. The number of nitrogens with two attached hydrogens (primary N) is 1. The lowest BCUT2D eigenvalue weighted by molar-refractivity contribution is -0.121. The Morgan fingerprint density at radius 1 is 1.22 bits per heavy atom. The van der Waals surface area contributed by atoms with Gasteiger partial charge in [0.15, 0.2) is 11.7 Å². The molecule has 0 aliphatic heterocycles. The van der Waals surface area contributed by atoms with Gasteiger partial charge in [0.2, 0.25) is 10.0 Å². The van der Waals surface area contributed by atoms with Gasteiger partial charge >= 0.3 is 0 Å². The number of hydrogen-bond donors (Lipinski definition) is 3. The lowest BCUT2D eigenvalue weighted by Gasteiger charge is -2.13. The number of anilines is 1. The summed E-state index contributed by atoms with van der Waals surface area (Å²) in [7, 11) is -3.76. The zero-order valence-corrected chi connectivity index (χ0v) is 18.8. The summed E-state index contributed by atoms with van der Waals surface area (Å²) < 4.78 is 29.6. The molecule has 0 heterocycles. The van der Waals surface area contributed by atoms with Crippen LogP contribution in [0.25, 0.3) is 0 Å². The largest absolute Gasteiger partial charge is 0.482 e. The summed E-state index contributed by atoms with van der Waals surface area (Å²) >= 11 is 11.8. The maximum atomic E-state index is 12.0. The first kappa shape index (κ1) is 21.8. The van der Waals surface area contributed by atoms with E-state index in [0.29, 0.717) is 11.4 Å². The predicted octanol–water partition coefficient (Wildman–Crippen LogP) is 3.06. The van der Waals surface area contributed by atoms with Crippen LogP contribution in [-0.2, 0) is 14.8 Å². The van der Waals surface area contributed by atoms with Crippen LogP contribution >= 0.6 is 44.1 Å². The fraction of sp³-hybridized carbons (Fsp3) is 0.125. The topological polar surface area (TPSA) is 111 Å². The van der Waals surface area contributed by atoms with Crippen LogP contribution in [0.15, 0.2) is 50.2 Å². The number of benzene rings is 2. The van der Waals surface area contributed by atoms with Crippen LogP contribution in [0.5, 0.6) is 5.75 Å². The van der Waals surface area contributed by atoms with Crippen molar-refractivity contribution in [2.24, 2.45) is 5.14 Å². The van der Waals surface area contributed by atoms with Crippen LogP contribution < -0.4 is 20.5 Å². The fourth-order valence-corrected chi connectivity index (χ4v) is 4.36. The number of carbonyl (C=O) groups excluding carboxylic acids is 1. The van der Waals surface area contributed by atoms with Crippen molar-refractivity contribution in [1.29, 1.82) is 0 Å². The summed E-state index contributed by atoms with van der Waals surface area (Å²) in [5.74, 6) is 0.119. The summed E-state index contributed by atoms with van der Waals surface area (Å²) in [5.41, 5.74) is 1.36. The number of amides is 1. The number of hydrogen-bond acceptors (Lipinski definition) is 5. The molecule has 0 spiro atoms. The lowest BCUT2D eigenvalue weighted by Crippen LogP contribution is -2.37. The van der Waals surface area contributed by atoms with E-state index in [1.165, 1.54) is 24.3 Å². The van der Waals surface area contributed by atoms with Crippen molar-refractivity contribution in [2.75, 3.05) is 11.9 Å². The first-order valence-electron chi connectivity index (χ1n) is 7.38. The molecule has 2 aromatic rings. The van der Waals surface area contributed by atoms with E-state index in [-0.39, 0.29) is 16.6 Å². The van der Waals surface area contributed by atoms with E-state index in [1.807, 2.05) is 19.1 Å². The second-order valence-corrected chi connectivity index (χ2v) is 9.13. The summed E-state index contributed by atoms with van der Waals surface area (Å²) in [6, 6.07) is 9.32. The van der Waals surface area contributed by atoms with Gasteiger partial charge in [0.1, 0.15) is 5.75 Å². The van der Waals surface area contributed by atoms with Crippen LogP contribution in [0, 0.1) is 6.92 Å². The van der Waals surface area contributed by atoms with Crippen molar-refractivity contribution in [3.8, 4) is 5.75 Å². The highest BCUT2D eigenvalue weighted by molar-refractivity contribution is 9.11. The molecule has 0 aromatic heterocycles. The molecule has 11 heteroatoms. The molecular weight excluding hydrogens is 522 g/mol. The molecule has 0 bridgehead atoms. The molecule has 0 aliphatic carbocycles. The monoisotopic (exact) mass is 535 g/mol. The quantitative estimate of drug-likeness (QED) is 0.506. The number of ether oxygens (including phenoxy) is 1. The Morgan fingerprint density at radius 3 is 2.41 bits per heavy atom. The maximum absolute atomic E-state index is 12.0. The van der Waals surface area contributed by atoms with Crippen molar-refractivity contribution in [1.82, 2.24) is 5.32 Å². The molecular formula is C16H15Br2N3O4S2. The van der Waals surface area contributed by atoms with Gasteiger partial charge in [-0.15, -0.1) is 0 Å². The number of sulfonamides is 1. The summed E-state index contributed by atoms with van der Waals surface area (Å²) in [6.07, 6.45) is 0. The summed E-state index contributed by atoms with van der Waals surface area (Å²) in [4.78, 5) is 12.0. The van der Waals surface area contributed by atoms with E-state index in [0.717, 1.165) is 14.5 Å². The molecule has 0 saturated heterocycles. The molecule has 0 fully saturated rings. The van der Waals surface area contributed by atoms with E-state index in [2.05, 4.69) is 42.5 Å². The Hall–Kier alpha value is -1.53. The van der Waals surface area contributed by atoms with Gasteiger partial charge in [-0.2, -0.15) is 0 Å². The Balaban J connectivity index is 1.90. The third kappa shape index (κ3) is 6.54. The van der Waals surface area contributed by atoms with E-state index < -0.39 is 15.9 Å². The zero-order valence-electron chi connectivity index (χ0n) is 14.0. The number of rotatable bonds is 5. The normalized spacial score (nSPS) is 11.0. The number of halogens is 2. The average molecular weight is 537 g/mol. The summed E-state index contributed by atoms with van der Waals surface area (Å²) in [5, 5.41) is 10.3. The number of aryl methyl sites for hydroxylation is 1. The van der Waals surface area contributed by atoms with Gasteiger partial charge in [-0.25, -0.2) is 13.6 Å². The number of nitrogens with one attached hydrogen (secondary N) is 2. The Labute approximate surface area is 179 Å². The van der Waals surface area contributed by atoms with Crippen molar-refractivity contribution < 1.29 is 17.9 Å². The Morgan fingerprint density at radius 2 is 1.85 bits per heavy atom. The van der Waals surface area contributed by atoms with Crippen molar-refractivity contribution in [3.05, 3.63) is 50.9 Å². The first-order chi connectivity index (χ1) is 12.6. The van der Waals surface area contributed by atoms with Crippen molar-refractivity contribution >= 4 is 70.8 Å². The molecule has 7 nitrogen and oxygen atoms in total. The molecule has 4 N–H and O–H groups in total. The van der Waals surface area contributed by atoms with E-state index >= 15 is 0 Å². The highest BCUT2D eigenvalue weighted by atomic mass is 79.9. The van der Waals surface area contributed by atoms with E-state index in [9.17, 15) is 13.2 Å². The second kappa shape index (κ2) is 9.11. The molecule has 27 heavy (non-hydrogen) atoms. The summed E-state index contributed by atoms with van der Waals surface area (Å²) in [6.45, 7) is 1.63. The average Bonchev–Trinajstić information content (AvgIpc) is 2.53. The van der Waals surface area contributed by atoms with Crippen LogP contribution in [0.4, 0.5) is 5.69 Å². The second-order valence-electron chi connectivity index (χ2n) is 5.39.